The van der Waals surface area contributed by atoms with Crippen LogP contribution in [0.1, 0.15) is 10.4 Å². The monoisotopic (exact) mass is 506 g/mol. The zero-order valence-electron chi connectivity index (χ0n) is 17.9. The van der Waals surface area contributed by atoms with E-state index < -0.39 is 96.7 Å². The summed E-state index contributed by atoms with van der Waals surface area (Å²) in [7, 11) is 0. The number of benzene rings is 1. The number of rotatable bonds is 8. The summed E-state index contributed by atoms with van der Waals surface area (Å²) in [5, 5.41) is 92.9. The third-order valence-corrected chi connectivity index (χ3v) is 5.74. The van der Waals surface area contributed by atoms with Crippen molar-refractivity contribution in [1.29, 1.82) is 0 Å². The van der Waals surface area contributed by atoms with E-state index in [-0.39, 0.29) is 5.69 Å². The largest absolute Gasteiger partial charge is 0.477 e. The molecule has 0 bridgehead atoms. The predicted octanol–water partition coefficient (Wildman–Crippen LogP) is -3.67. The van der Waals surface area contributed by atoms with Crippen molar-refractivity contribution in [2.45, 2.75) is 61.3 Å². The topological polar surface area (TPSA) is 262 Å². The van der Waals surface area contributed by atoms with Crippen LogP contribution in [0.2, 0.25) is 0 Å². The third-order valence-electron chi connectivity index (χ3n) is 5.74. The molecule has 1 aromatic rings. The molecule has 0 unspecified atom stereocenters. The standard InChI is InChI=1S/C19H26N2O14/c22-4-9-11(24)12(25)15(28)19(34-9)35-16-10(5-23)33-17(14(27)13(16)26)20-6-1-2-7(18(29)30)8(3-6)21(31)32/h1-3,9-17,19-20,22-28H,4-5H2,(H,29,30)/t9-,10+,11-,12+,13+,14+,15-,16+,17+,19+/m0/s1. The molecule has 2 saturated heterocycles. The molecule has 16 heteroatoms. The number of carboxylic acids is 1. The van der Waals surface area contributed by atoms with E-state index in [1.807, 2.05) is 0 Å². The van der Waals surface area contributed by atoms with Crippen LogP contribution in [-0.2, 0) is 14.2 Å². The lowest BCUT2D eigenvalue weighted by atomic mass is 9.96. The van der Waals surface area contributed by atoms with Gasteiger partial charge in [0, 0.05) is 11.8 Å². The number of ether oxygens (including phenoxy) is 3. The van der Waals surface area contributed by atoms with E-state index >= 15 is 0 Å². The highest BCUT2D eigenvalue weighted by Crippen LogP contribution is 2.31. The second kappa shape index (κ2) is 11.0. The van der Waals surface area contributed by atoms with Crippen molar-refractivity contribution in [2.24, 2.45) is 0 Å². The van der Waals surface area contributed by atoms with Gasteiger partial charge in [-0.3, -0.25) is 10.1 Å². The van der Waals surface area contributed by atoms with Gasteiger partial charge in [-0.1, -0.05) is 0 Å². The molecule has 35 heavy (non-hydrogen) atoms. The van der Waals surface area contributed by atoms with Crippen molar-refractivity contribution < 1.29 is 64.8 Å². The van der Waals surface area contributed by atoms with Gasteiger partial charge in [-0.05, 0) is 12.1 Å². The lowest BCUT2D eigenvalue weighted by molar-refractivity contribution is -0.385. The Morgan fingerprint density at radius 3 is 2.20 bits per heavy atom. The van der Waals surface area contributed by atoms with Crippen LogP contribution in [0.5, 0.6) is 0 Å². The van der Waals surface area contributed by atoms with Crippen molar-refractivity contribution in [1.82, 2.24) is 0 Å². The molecular weight excluding hydrogens is 480 g/mol. The molecule has 3 rings (SSSR count). The number of aliphatic hydroxyl groups is 7. The molecule has 1 aromatic carbocycles. The average molecular weight is 506 g/mol. The van der Waals surface area contributed by atoms with E-state index in [4.69, 9.17) is 19.3 Å². The van der Waals surface area contributed by atoms with Crippen LogP contribution in [0.25, 0.3) is 0 Å². The van der Waals surface area contributed by atoms with Crippen molar-refractivity contribution in [3.8, 4) is 0 Å². The normalized spacial score (nSPS) is 37.6. The summed E-state index contributed by atoms with van der Waals surface area (Å²) in [5.41, 5.74) is -1.36. The van der Waals surface area contributed by atoms with Gasteiger partial charge in [0.25, 0.3) is 5.69 Å². The maximum absolute atomic E-state index is 11.2. The Kier molecular flexibility index (Phi) is 8.54. The number of anilines is 1. The van der Waals surface area contributed by atoms with Gasteiger partial charge in [-0.15, -0.1) is 0 Å². The SMILES string of the molecule is O=C(O)c1ccc(N[C@@H]2O[C@H](CO)[C@@H](O[C@H]3O[C@@H](CO)[C@H](O)[C@@H](O)[C@@H]3O)[C@H](O)[C@H]2O)cc1[N+](=O)[O-]. The summed E-state index contributed by atoms with van der Waals surface area (Å²) in [6, 6.07) is 3.02. The summed E-state index contributed by atoms with van der Waals surface area (Å²) in [6.07, 6.45) is -16.2. The Bertz CT molecular complexity index is 914. The number of nitro benzene ring substituents is 1. The Labute approximate surface area is 196 Å². The lowest BCUT2D eigenvalue weighted by Gasteiger charge is -2.46. The number of nitrogens with one attached hydrogen (secondary N) is 1. The van der Waals surface area contributed by atoms with E-state index in [0.717, 1.165) is 12.1 Å². The van der Waals surface area contributed by atoms with Crippen molar-refractivity contribution in [2.75, 3.05) is 18.5 Å². The summed E-state index contributed by atoms with van der Waals surface area (Å²) in [5.74, 6) is -1.53. The Balaban J connectivity index is 1.76. The highest BCUT2D eigenvalue weighted by Gasteiger charge is 2.50. The van der Waals surface area contributed by atoms with Crippen LogP contribution >= 0.6 is 0 Å². The fourth-order valence-electron chi connectivity index (χ4n) is 3.83. The van der Waals surface area contributed by atoms with Crippen molar-refractivity contribution >= 4 is 17.3 Å². The first-order chi connectivity index (χ1) is 16.5. The van der Waals surface area contributed by atoms with Crippen LogP contribution in [0.4, 0.5) is 11.4 Å². The smallest absolute Gasteiger partial charge is 0.342 e. The van der Waals surface area contributed by atoms with Gasteiger partial charge in [-0.2, -0.15) is 0 Å². The lowest BCUT2D eigenvalue weighted by Crippen LogP contribution is -2.65. The number of hydrogen-bond acceptors (Lipinski definition) is 14. The number of hydrogen-bond donors (Lipinski definition) is 9. The molecule has 2 aliphatic rings. The zero-order chi connectivity index (χ0) is 26.0. The molecule has 0 radical (unpaired) electrons. The average Bonchev–Trinajstić information content (AvgIpc) is 2.83. The zero-order valence-corrected chi connectivity index (χ0v) is 17.9. The summed E-state index contributed by atoms with van der Waals surface area (Å²) >= 11 is 0. The number of carbonyl (C=O) groups is 1. The Morgan fingerprint density at radius 2 is 1.63 bits per heavy atom. The minimum atomic E-state index is -1.82. The van der Waals surface area contributed by atoms with Gasteiger partial charge in [0.15, 0.2) is 12.5 Å². The number of nitrogens with zero attached hydrogens (tertiary/aromatic N) is 1. The predicted molar refractivity (Wildman–Crippen MR) is 110 cm³/mol. The molecule has 2 heterocycles. The van der Waals surface area contributed by atoms with Gasteiger partial charge in [0.2, 0.25) is 0 Å². The second-order valence-electron chi connectivity index (χ2n) is 8.00. The minimum absolute atomic E-state index is 0.0389. The summed E-state index contributed by atoms with van der Waals surface area (Å²) in [6.45, 7) is -1.51. The van der Waals surface area contributed by atoms with Crippen LogP contribution in [0.3, 0.4) is 0 Å². The first kappa shape index (κ1) is 27.1. The van der Waals surface area contributed by atoms with Gasteiger partial charge in [0.1, 0.15) is 54.4 Å². The highest BCUT2D eigenvalue weighted by molar-refractivity contribution is 5.93. The fourth-order valence-corrected chi connectivity index (χ4v) is 3.83. The van der Waals surface area contributed by atoms with Crippen LogP contribution in [0.15, 0.2) is 18.2 Å². The number of aromatic carboxylic acids is 1. The first-order valence-electron chi connectivity index (χ1n) is 10.4. The van der Waals surface area contributed by atoms with Crippen LogP contribution in [0, 0.1) is 10.1 Å². The van der Waals surface area contributed by atoms with E-state index in [2.05, 4.69) is 5.32 Å². The summed E-state index contributed by atoms with van der Waals surface area (Å²) in [4.78, 5) is 21.5. The minimum Gasteiger partial charge on any atom is -0.477 e. The second-order valence-corrected chi connectivity index (χ2v) is 8.00. The van der Waals surface area contributed by atoms with Gasteiger partial charge in [0.05, 0.1) is 18.1 Å². The molecule has 196 valence electrons. The molecule has 10 atom stereocenters. The van der Waals surface area contributed by atoms with Gasteiger partial charge in [-0.25, -0.2) is 4.79 Å². The van der Waals surface area contributed by atoms with Crippen molar-refractivity contribution in [3.63, 3.8) is 0 Å². The Morgan fingerprint density at radius 1 is 0.971 bits per heavy atom. The number of nitro groups is 1. The maximum atomic E-state index is 11.2. The van der Waals surface area contributed by atoms with Gasteiger partial charge >= 0.3 is 5.97 Å². The fraction of sp³-hybridized carbons (Fsp3) is 0.632. The molecule has 0 aromatic heterocycles. The third kappa shape index (κ3) is 5.51. The Hall–Kier alpha value is -2.51. The molecule has 16 nitrogen and oxygen atoms in total. The molecule has 0 amide bonds. The van der Waals surface area contributed by atoms with E-state index in [9.17, 15) is 50.7 Å². The molecule has 0 spiro atoms. The number of carboxylic acid groups (broad SMARTS) is 1. The number of aliphatic hydroxyl groups excluding tert-OH is 7. The molecule has 2 fully saturated rings. The maximum Gasteiger partial charge on any atom is 0.342 e. The highest BCUT2D eigenvalue weighted by atomic mass is 16.7. The van der Waals surface area contributed by atoms with Crippen LogP contribution in [-0.4, -0.2) is 126 Å². The first-order valence-corrected chi connectivity index (χ1v) is 10.4. The molecule has 0 saturated carbocycles. The molecule has 9 N–H and O–H groups in total. The van der Waals surface area contributed by atoms with Crippen LogP contribution < -0.4 is 5.32 Å². The van der Waals surface area contributed by atoms with E-state index in [0.29, 0.717) is 0 Å². The summed E-state index contributed by atoms with van der Waals surface area (Å²) < 4.78 is 16.2. The quantitative estimate of drug-likeness (QED) is 0.121. The molecule has 0 aliphatic carbocycles. The van der Waals surface area contributed by atoms with E-state index in [1.54, 1.807) is 0 Å². The van der Waals surface area contributed by atoms with Gasteiger partial charge < -0.3 is 60.4 Å². The molecule has 2 aliphatic heterocycles. The van der Waals surface area contributed by atoms with E-state index in [1.165, 1.54) is 6.07 Å². The van der Waals surface area contributed by atoms with Crippen molar-refractivity contribution in [3.05, 3.63) is 33.9 Å². The molecular formula is C19H26N2O14.